The third kappa shape index (κ3) is 5.90. The van der Waals surface area contributed by atoms with Crippen molar-refractivity contribution in [1.29, 1.82) is 0 Å². The molecule has 0 bridgehead atoms. The Kier molecular flexibility index (Phi) is 9.07. The van der Waals surface area contributed by atoms with Crippen LogP contribution in [0.2, 0.25) is 0 Å². The van der Waals surface area contributed by atoms with Crippen LogP contribution in [0.25, 0.3) is 0 Å². The number of phosphoric acid groups is 1. The molecule has 0 radical (unpaired) electrons. The summed E-state index contributed by atoms with van der Waals surface area (Å²) in [6.45, 7) is 6.66. The lowest BCUT2D eigenvalue weighted by molar-refractivity contribution is -0.116. The summed E-state index contributed by atoms with van der Waals surface area (Å²) in [4.78, 5) is 9.57. The van der Waals surface area contributed by atoms with Gasteiger partial charge < -0.3 is 14.4 Å². The SMILES string of the molecule is CCC(OCCOC)C(CC)(CC)OP(=O)(O)OC. The Bertz CT molecular complexity index is 279. The maximum Gasteiger partial charge on any atom is 0.472 e. The van der Waals surface area contributed by atoms with Crippen molar-refractivity contribution in [2.45, 2.75) is 51.7 Å². The predicted molar refractivity (Wildman–Crippen MR) is 73.1 cm³/mol. The Morgan fingerprint density at radius 1 is 1.16 bits per heavy atom. The van der Waals surface area contributed by atoms with Gasteiger partial charge in [-0.1, -0.05) is 20.8 Å². The second kappa shape index (κ2) is 9.06. The van der Waals surface area contributed by atoms with E-state index in [1.165, 1.54) is 0 Å². The van der Waals surface area contributed by atoms with E-state index in [-0.39, 0.29) is 6.10 Å². The second-order valence-corrected chi connectivity index (χ2v) is 5.76. The topological polar surface area (TPSA) is 74.2 Å². The van der Waals surface area contributed by atoms with Crippen LogP contribution in [0.1, 0.15) is 40.0 Å². The Hall–Kier alpha value is 0.0300. The predicted octanol–water partition coefficient (Wildman–Crippen LogP) is 2.75. The van der Waals surface area contributed by atoms with Crippen LogP contribution in [0.4, 0.5) is 0 Å². The molecule has 0 aliphatic carbocycles. The van der Waals surface area contributed by atoms with Gasteiger partial charge in [-0.05, 0) is 19.3 Å². The molecule has 1 N–H and O–H groups in total. The van der Waals surface area contributed by atoms with Crippen molar-refractivity contribution < 1.29 is 28.0 Å². The molecule has 0 fully saturated rings. The Morgan fingerprint density at radius 2 is 1.74 bits per heavy atom. The molecule has 7 heteroatoms. The highest BCUT2D eigenvalue weighted by Gasteiger charge is 2.42. The molecule has 6 nitrogen and oxygen atoms in total. The van der Waals surface area contributed by atoms with Gasteiger partial charge in [0.2, 0.25) is 0 Å². The maximum atomic E-state index is 11.7. The van der Waals surface area contributed by atoms with Crippen LogP contribution in [-0.4, -0.2) is 44.0 Å². The summed E-state index contributed by atoms with van der Waals surface area (Å²) < 4.78 is 32.3. The minimum absolute atomic E-state index is 0.284. The summed E-state index contributed by atoms with van der Waals surface area (Å²) in [5.74, 6) is 0. The molecule has 116 valence electrons. The fourth-order valence-electron chi connectivity index (χ4n) is 2.08. The molecule has 0 amide bonds. The molecular formula is C12H27O6P. The van der Waals surface area contributed by atoms with Gasteiger partial charge in [-0.25, -0.2) is 4.57 Å². The molecule has 19 heavy (non-hydrogen) atoms. The van der Waals surface area contributed by atoms with Crippen molar-refractivity contribution in [2.24, 2.45) is 0 Å². The fraction of sp³-hybridized carbons (Fsp3) is 1.00. The molecule has 0 heterocycles. The van der Waals surface area contributed by atoms with Gasteiger partial charge in [-0.3, -0.25) is 9.05 Å². The first-order chi connectivity index (χ1) is 8.91. The summed E-state index contributed by atoms with van der Waals surface area (Å²) in [6.07, 6.45) is 1.51. The average Bonchev–Trinajstić information content (AvgIpc) is 2.41. The van der Waals surface area contributed by atoms with Gasteiger partial charge in [-0.2, -0.15) is 0 Å². The average molecular weight is 298 g/mol. The van der Waals surface area contributed by atoms with Gasteiger partial charge in [0.1, 0.15) is 5.60 Å². The standard InChI is InChI=1S/C12H27O6P/c1-6-11(17-10-9-15-4)12(7-2,8-3)18-19(13,14)16-5/h11H,6-10H2,1-5H3,(H,13,14). The van der Waals surface area contributed by atoms with E-state index in [2.05, 4.69) is 4.52 Å². The molecule has 0 aliphatic heterocycles. The van der Waals surface area contributed by atoms with Gasteiger partial charge in [0.15, 0.2) is 0 Å². The first-order valence-electron chi connectivity index (χ1n) is 6.61. The zero-order chi connectivity index (χ0) is 14.9. The molecular weight excluding hydrogens is 271 g/mol. The summed E-state index contributed by atoms with van der Waals surface area (Å²) in [6, 6.07) is 0. The van der Waals surface area contributed by atoms with Gasteiger partial charge >= 0.3 is 7.82 Å². The summed E-state index contributed by atoms with van der Waals surface area (Å²) in [5.41, 5.74) is -0.831. The van der Waals surface area contributed by atoms with E-state index < -0.39 is 13.4 Å². The molecule has 2 atom stereocenters. The van der Waals surface area contributed by atoms with E-state index in [9.17, 15) is 9.46 Å². The van der Waals surface area contributed by atoms with Crippen LogP contribution < -0.4 is 0 Å². The Labute approximate surface area is 116 Å². The second-order valence-electron chi connectivity index (χ2n) is 4.27. The van der Waals surface area contributed by atoms with E-state index in [4.69, 9.17) is 14.0 Å². The van der Waals surface area contributed by atoms with Gasteiger partial charge in [0.05, 0.1) is 19.3 Å². The summed E-state index contributed by atoms with van der Waals surface area (Å²) in [7, 11) is -1.29. The number of methoxy groups -OCH3 is 1. The lowest BCUT2D eigenvalue weighted by Crippen LogP contribution is -2.45. The number of ether oxygens (including phenoxy) is 2. The summed E-state index contributed by atoms with van der Waals surface area (Å²) >= 11 is 0. The third-order valence-corrected chi connectivity index (χ3v) is 4.34. The first kappa shape index (κ1) is 19.0. The molecule has 0 aliphatic rings. The number of hydrogen-bond acceptors (Lipinski definition) is 5. The van der Waals surface area contributed by atoms with E-state index in [0.717, 1.165) is 7.11 Å². The van der Waals surface area contributed by atoms with Crippen molar-refractivity contribution in [3.05, 3.63) is 0 Å². The molecule has 2 unspecified atom stereocenters. The first-order valence-corrected chi connectivity index (χ1v) is 8.10. The van der Waals surface area contributed by atoms with Crippen LogP contribution in [0.15, 0.2) is 0 Å². The molecule has 0 aromatic rings. The summed E-state index contributed by atoms with van der Waals surface area (Å²) in [5, 5.41) is 0. The maximum absolute atomic E-state index is 11.7. The van der Waals surface area contributed by atoms with Crippen LogP contribution in [0.3, 0.4) is 0 Å². The number of phosphoric ester groups is 1. The van der Waals surface area contributed by atoms with Gasteiger partial charge in [-0.15, -0.1) is 0 Å². The largest absolute Gasteiger partial charge is 0.472 e. The number of rotatable bonds is 11. The monoisotopic (exact) mass is 298 g/mol. The van der Waals surface area contributed by atoms with E-state index in [1.54, 1.807) is 7.11 Å². The van der Waals surface area contributed by atoms with Crippen molar-refractivity contribution in [3.63, 3.8) is 0 Å². The zero-order valence-corrected chi connectivity index (χ0v) is 13.4. The van der Waals surface area contributed by atoms with Crippen LogP contribution in [0.5, 0.6) is 0 Å². The third-order valence-electron chi connectivity index (χ3n) is 3.29. The fourth-order valence-corrected chi connectivity index (χ4v) is 2.99. The van der Waals surface area contributed by atoms with Gasteiger partial charge in [0, 0.05) is 14.2 Å². The van der Waals surface area contributed by atoms with Crippen LogP contribution in [0, 0.1) is 0 Å². The lowest BCUT2D eigenvalue weighted by atomic mass is 9.89. The molecule has 0 saturated carbocycles. The van der Waals surface area contributed by atoms with E-state index in [0.29, 0.717) is 32.5 Å². The van der Waals surface area contributed by atoms with E-state index >= 15 is 0 Å². The van der Waals surface area contributed by atoms with Crippen molar-refractivity contribution >= 4 is 7.82 Å². The highest BCUT2D eigenvalue weighted by atomic mass is 31.2. The molecule has 0 spiro atoms. The highest BCUT2D eigenvalue weighted by Crippen LogP contribution is 2.50. The smallest absolute Gasteiger partial charge is 0.382 e. The Balaban J connectivity index is 4.95. The minimum Gasteiger partial charge on any atom is -0.382 e. The molecule has 0 saturated heterocycles. The van der Waals surface area contributed by atoms with E-state index in [1.807, 2.05) is 20.8 Å². The highest BCUT2D eigenvalue weighted by molar-refractivity contribution is 7.47. The lowest BCUT2D eigenvalue weighted by Gasteiger charge is -2.39. The minimum atomic E-state index is -4.05. The quantitative estimate of drug-likeness (QED) is 0.467. The van der Waals surface area contributed by atoms with Crippen LogP contribution in [-0.2, 0) is 23.1 Å². The van der Waals surface area contributed by atoms with Crippen LogP contribution >= 0.6 is 7.82 Å². The molecule has 0 aromatic heterocycles. The van der Waals surface area contributed by atoms with Gasteiger partial charge in [0.25, 0.3) is 0 Å². The normalized spacial score (nSPS) is 17.2. The zero-order valence-electron chi connectivity index (χ0n) is 12.5. The Morgan fingerprint density at radius 3 is 2.11 bits per heavy atom. The molecule has 0 aromatic carbocycles. The number of hydrogen-bond donors (Lipinski definition) is 1. The van der Waals surface area contributed by atoms with Crippen molar-refractivity contribution in [3.8, 4) is 0 Å². The van der Waals surface area contributed by atoms with Crippen molar-refractivity contribution in [1.82, 2.24) is 0 Å². The van der Waals surface area contributed by atoms with Crippen molar-refractivity contribution in [2.75, 3.05) is 27.4 Å². The molecule has 0 rings (SSSR count).